The number of halogens is 4. The predicted molar refractivity (Wildman–Crippen MR) is 167 cm³/mol. The fourth-order valence-electron chi connectivity index (χ4n) is 4.63. The van der Waals surface area contributed by atoms with Gasteiger partial charge in [-0.25, -0.2) is 8.91 Å². The minimum atomic E-state index is -4.62. The van der Waals surface area contributed by atoms with Gasteiger partial charge in [-0.3, -0.25) is 9.59 Å². The van der Waals surface area contributed by atoms with Gasteiger partial charge in [0.05, 0.1) is 17.8 Å². The number of anilines is 2. The molecule has 47 heavy (non-hydrogen) atoms. The highest BCUT2D eigenvalue weighted by Crippen LogP contribution is 2.31. The first-order valence-electron chi connectivity index (χ1n) is 14.5. The molecule has 0 aliphatic heterocycles. The molecule has 2 heterocycles. The van der Waals surface area contributed by atoms with Gasteiger partial charge >= 0.3 is 6.18 Å². The Kier molecular flexibility index (Phi) is 9.56. The summed E-state index contributed by atoms with van der Waals surface area (Å²) in [6, 6.07) is 20.8. The average Bonchev–Trinajstić information content (AvgIpc) is 3.43. The van der Waals surface area contributed by atoms with Crippen LogP contribution in [0.1, 0.15) is 35.3 Å². The van der Waals surface area contributed by atoms with E-state index in [-0.39, 0.29) is 54.0 Å². The van der Waals surface area contributed by atoms with Crippen molar-refractivity contribution >= 4 is 29.0 Å². The summed E-state index contributed by atoms with van der Waals surface area (Å²) in [5, 5.41) is 19.3. The molecule has 9 nitrogen and oxygen atoms in total. The van der Waals surface area contributed by atoms with E-state index >= 15 is 0 Å². The Bertz CT molecular complexity index is 1890. The number of aliphatic hydroxyl groups is 1. The van der Waals surface area contributed by atoms with E-state index in [1.807, 2.05) is 30.3 Å². The van der Waals surface area contributed by atoms with Crippen molar-refractivity contribution in [2.75, 3.05) is 18.5 Å². The number of nitrogens with one attached hydrogen (secondary N) is 2. The molecule has 0 saturated heterocycles. The first-order chi connectivity index (χ1) is 22.3. The Morgan fingerprint density at radius 2 is 1.53 bits per heavy atom. The van der Waals surface area contributed by atoms with Gasteiger partial charge in [0.25, 0.3) is 5.91 Å². The number of carbonyl (C=O) groups excluding carboxylic acids is 2. The summed E-state index contributed by atoms with van der Waals surface area (Å²) in [5.41, 5.74) is 2.88. The molecule has 5 rings (SSSR count). The van der Waals surface area contributed by atoms with E-state index in [1.165, 1.54) is 34.8 Å². The normalized spacial score (nSPS) is 11.8. The first-order valence-corrected chi connectivity index (χ1v) is 14.5. The number of pyridine rings is 1. The van der Waals surface area contributed by atoms with E-state index in [9.17, 15) is 32.3 Å². The van der Waals surface area contributed by atoms with Crippen molar-refractivity contribution in [3.63, 3.8) is 0 Å². The second-order valence-corrected chi connectivity index (χ2v) is 11.6. The predicted octanol–water partition coefficient (Wildman–Crippen LogP) is 6.08. The lowest BCUT2D eigenvalue weighted by Crippen LogP contribution is -2.46. The number of ether oxygens (including phenoxy) is 1. The average molecular weight is 650 g/mol. The number of aliphatic hydroxyl groups excluding tert-OH is 1. The smallest absolute Gasteiger partial charge is 0.422 e. The lowest BCUT2D eigenvalue weighted by Gasteiger charge is -2.23. The number of hydrogen-bond acceptors (Lipinski definition) is 7. The third-order valence-electron chi connectivity index (χ3n) is 7.06. The van der Waals surface area contributed by atoms with E-state index in [0.29, 0.717) is 5.65 Å². The topological polar surface area (TPSA) is 118 Å². The summed E-state index contributed by atoms with van der Waals surface area (Å²) in [6.45, 7) is 1.26. The van der Waals surface area contributed by atoms with Crippen LogP contribution in [0.25, 0.3) is 16.8 Å². The molecule has 0 fully saturated rings. The number of aromatic nitrogens is 3. The maximum absolute atomic E-state index is 13.1. The second-order valence-electron chi connectivity index (χ2n) is 11.6. The van der Waals surface area contributed by atoms with E-state index in [4.69, 9.17) is 4.74 Å². The molecule has 0 saturated carbocycles. The van der Waals surface area contributed by atoms with Gasteiger partial charge < -0.3 is 20.5 Å². The van der Waals surface area contributed by atoms with E-state index < -0.39 is 24.2 Å². The number of carbonyl (C=O) groups is 2. The molecule has 0 unspecified atom stereocenters. The minimum absolute atomic E-state index is 0.00365. The zero-order valence-corrected chi connectivity index (χ0v) is 25.4. The fraction of sp³-hybridized carbons (Fsp3) is 0.235. The molecular weight excluding hydrogens is 618 g/mol. The molecule has 3 N–H and O–H groups in total. The molecule has 5 aromatic rings. The van der Waals surface area contributed by atoms with Gasteiger partial charge in [-0.2, -0.15) is 18.2 Å². The summed E-state index contributed by atoms with van der Waals surface area (Å²) in [4.78, 5) is 29.6. The second kappa shape index (κ2) is 13.6. The molecule has 0 bridgehead atoms. The molecule has 1 amide bonds. The summed E-state index contributed by atoms with van der Waals surface area (Å²) in [7, 11) is 0. The van der Waals surface area contributed by atoms with Crippen molar-refractivity contribution < 1.29 is 37.0 Å². The number of nitrogens with zero attached hydrogens (tertiary/aromatic N) is 3. The van der Waals surface area contributed by atoms with Gasteiger partial charge in [-0.05, 0) is 73.0 Å². The number of Topliss-reactive ketones (excluding diaryl/α,β-unsaturated/α-hetero) is 1. The van der Waals surface area contributed by atoms with Crippen LogP contribution in [-0.2, 0) is 17.6 Å². The van der Waals surface area contributed by atoms with Crippen LogP contribution in [0.2, 0.25) is 0 Å². The SMILES string of the molecule is CC(C)(CO)NC(=O)c1ccc(Nc2nc3ccc(-c4ccc(CC(=O)Cc5ccc(F)cc5)cc4)cn3n2)c(OCC(F)(F)F)c1. The first kappa shape index (κ1) is 33.1. The third-order valence-corrected chi connectivity index (χ3v) is 7.06. The molecular formula is C34H31F4N5O4. The molecule has 0 radical (unpaired) electrons. The lowest BCUT2D eigenvalue weighted by atomic mass is 10.0. The molecule has 0 aliphatic carbocycles. The van der Waals surface area contributed by atoms with Crippen LogP contribution in [0.4, 0.5) is 29.2 Å². The van der Waals surface area contributed by atoms with Crippen molar-refractivity contribution in [3.8, 4) is 16.9 Å². The largest absolute Gasteiger partial charge is 0.482 e. The maximum atomic E-state index is 13.1. The Morgan fingerprint density at radius 3 is 2.17 bits per heavy atom. The quantitative estimate of drug-likeness (QED) is 0.140. The number of benzene rings is 3. The van der Waals surface area contributed by atoms with Crippen LogP contribution >= 0.6 is 0 Å². The number of ketones is 1. The van der Waals surface area contributed by atoms with Gasteiger partial charge in [0.2, 0.25) is 5.95 Å². The van der Waals surface area contributed by atoms with Gasteiger partial charge in [0.1, 0.15) is 17.3 Å². The Labute approximate surface area is 267 Å². The highest BCUT2D eigenvalue weighted by Gasteiger charge is 2.29. The standard InChI is InChI=1S/C34H31F4N5O4/c1-33(2,19-44)41-31(46)24-9-13-28(29(17-24)47-20-34(36,37)38)39-32-40-30-14-10-25(18-43(30)42-32)23-7-3-21(4-8-23)15-27(45)16-22-5-11-26(35)12-6-22/h3-14,17-18,44H,15-16,19-20H2,1-2H3,(H,39,42)(H,41,46). The molecule has 2 aromatic heterocycles. The zero-order valence-electron chi connectivity index (χ0n) is 25.4. The van der Waals surface area contributed by atoms with E-state index in [2.05, 4.69) is 20.7 Å². The summed E-state index contributed by atoms with van der Waals surface area (Å²) in [6.07, 6.45) is -2.45. The molecule has 13 heteroatoms. The molecule has 0 aliphatic rings. The van der Waals surface area contributed by atoms with Crippen LogP contribution < -0.4 is 15.4 Å². The van der Waals surface area contributed by atoms with Crippen LogP contribution in [-0.4, -0.2) is 56.3 Å². The van der Waals surface area contributed by atoms with Crippen molar-refractivity contribution in [3.05, 3.63) is 108 Å². The van der Waals surface area contributed by atoms with Gasteiger partial charge in [0.15, 0.2) is 12.3 Å². The van der Waals surface area contributed by atoms with Crippen molar-refractivity contribution in [2.24, 2.45) is 0 Å². The Morgan fingerprint density at radius 1 is 0.894 bits per heavy atom. The number of hydrogen-bond donors (Lipinski definition) is 3. The number of fused-ring (bicyclic) bond motifs is 1. The highest BCUT2D eigenvalue weighted by atomic mass is 19.4. The van der Waals surface area contributed by atoms with Crippen molar-refractivity contribution in [1.82, 2.24) is 19.9 Å². The van der Waals surface area contributed by atoms with E-state index in [1.54, 1.807) is 38.2 Å². The Hall–Kier alpha value is -5.30. The third kappa shape index (κ3) is 8.91. The fourth-order valence-corrected chi connectivity index (χ4v) is 4.63. The minimum Gasteiger partial charge on any atom is -0.482 e. The van der Waals surface area contributed by atoms with Gasteiger partial charge in [-0.15, -0.1) is 5.10 Å². The van der Waals surface area contributed by atoms with Crippen molar-refractivity contribution in [1.29, 1.82) is 0 Å². The number of amides is 1. The van der Waals surface area contributed by atoms with Crippen LogP contribution in [0.3, 0.4) is 0 Å². The monoisotopic (exact) mass is 649 g/mol. The van der Waals surface area contributed by atoms with E-state index in [0.717, 1.165) is 22.3 Å². The molecule has 0 spiro atoms. The molecule has 244 valence electrons. The summed E-state index contributed by atoms with van der Waals surface area (Å²) in [5.74, 6) is -1.12. The molecule has 3 aromatic carbocycles. The van der Waals surface area contributed by atoms with Gasteiger partial charge in [0, 0.05) is 30.2 Å². The Balaban J connectivity index is 1.30. The lowest BCUT2D eigenvalue weighted by molar-refractivity contribution is -0.153. The number of alkyl halides is 3. The van der Waals surface area contributed by atoms with Gasteiger partial charge in [-0.1, -0.05) is 36.4 Å². The maximum Gasteiger partial charge on any atom is 0.422 e. The highest BCUT2D eigenvalue weighted by molar-refractivity contribution is 5.96. The summed E-state index contributed by atoms with van der Waals surface area (Å²) >= 11 is 0. The van der Waals surface area contributed by atoms with Crippen LogP contribution in [0, 0.1) is 5.82 Å². The van der Waals surface area contributed by atoms with Crippen molar-refractivity contribution in [2.45, 2.75) is 38.4 Å². The van der Waals surface area contributed by atoms with Crippen LogP contribution in [0.15, 0.2) is 85.1 Å². The molecule has 0 atom stereocenters. The zero-order chi connectivity index (χ0) is 33.8. The summed E-state index contributed by atoms with van der Waals surface area (Å²) < 4.78 is 58.7. The van der Waals surface area contributed by atoms with Crippen LogP contribution in [0.5, 0.6) is 5.75 Å². The number of rotatable bonds is 12.